The summed E-state index contributed by atoms with van der Waals surface area (Å²) in [7, 11) is 1.62. The number of hydrogen-bond acceptors (Lipinski definition) is 3. The molecule has 0 aromatic carbocycles. The summed E-state index contributed by atoms with van der Waals surface area (Å²) in [5.41, 5.74) is 0. The molecule has 1 heterocycles. The number of allylic oxidation sites excluding steroid dienone is 3. The molecule has 1 aliphatic heterocycles. The number of carbonyl (C=O) groups is 1. The van der Waals surface area contributed by atoms with Gasteiger partial charge in [0.05, 0.1) is 5.92 Å². The molecule has 2 rings (SSSR count). The highest BCUT2D eigenvalue weighted by atomic mass is 16.7. The lowest BCUT2D eigenvalue weighted by Gasteiger charge is -2.38. The minimum Gasteiger partial charge on any atom is -0.472 e. The number of rotatable bonds is 6. The minimum atomic E-state index is 0.170. The van der Waals surface area contributed by atoms with E-state index in [0.717, 1.165) is 25.0 Å². The maximum Gasteiger partial charge on any atom is 0.225 e. The Labute approximate surface area is 108 Å². The van der Waals surface area contributed by atoms with Gasteiger partial charge in [0.25, 0.3) is 0 Å². The Kier molecular flexibility index (Phi) is 4.42. The Morgan fingerprint density at radius 2 is 2.33 bits per heavy atom. The smallest absolute Gasteiger partial charge is 0.225 e. The zero-order chi connectivity index (χ0) is 13.0. The van der Waals surface area contributed by atoms with Gasteiger partial charge in [0.2, 0.25) is 5.91 Å². The Morgan fingerprint density at radius 1 is 1.50 bits per heavy atom. The molecule has 2 aliphatic rings. The summed E-state index contributed by atoms with van der Waals surface area (Å²) in [5.74, 6) is 1.58. The lowest BCUT2D eigenvalue weighted by Crippen LogP contribution is -2.58. The second-order valence-corrected chi connectivity index (χ2v) is 4.79. The third-order valence-corrected chi connectivity index (χ3v) is 3.63. The second kappa shape index (κ2) is 6.05. The molecule has 1 saturated heterocycles. The SMILES string of the molecule is CC[C@H]1C(=O)N[C@@H]1CC1C=CCC=C1OCOC. The molecule has 18 heavy (non-hydrogen) atoms. The molecule has 4 heteroatoms. The summed E-state index contributed by atoms with van der Waals surface area (Å²) in [6, 6.07) is 0.282. The summed E-state index contributed by atoms with van der Waals surface area (Å²) in [5, 5.41) is 2.98. The molecule has 1 aliphatic carbocycles. The molecule has 4 nitrogen and oxygen atoms in total. The van der Waals surface area contributed by atoms with Crippen LogP contribution in [0.15, 0.2) is 24.0 Å². The number of nitrogens with one attached hydrogen (secondary N) is 1. The topological polar surface area (TPSA) is 47.6 Å². The van der Waals surface area contributed by atoms with Crippen LogP contribution in [0.4, 0.5) is 0 Å². The van der Waals surface area contributed by atoms with Crippen LogP contribution in [0.5, 0.6) is 0 Å². The van der Waals surface area contributed by atoms with Gasteiger partial charge in [-0.05, 0) is 25.3 Å². The van der Waals surface area contributed by atoms with Crippen LogP contribution in [0.2, 0.25) is 0 Å². The van der Waals surface area contributed by atoms with Crippen LogP contribution in [0, 0.1) is 11.8 Å². The molecule has 1 amide bonds. The Hall–Kier alpha value is -1.29. The molecule has 0 aromatic heterocycles. The standard InChI is InChI=1S/C14H21NO3/c1-3-11-12(15-14(11)16)8-10-6-4-5-7-13(10)18-9-17-2/h4,6-7,10-12H,3,5,8-9H2,1-2H3,(H,15,16)/t10?,11-,12-/m1/s1. The molecule has 3 atom stereocenters. The first-order chi connectivity index (χ1) is 8.76. The van der Waals surface area contributed by atoms with E-state index in [0.29, 0.717) is 0 Å². The zero-order valence-electron chi connectivity index (χ0n) is 11.0. The molecule has 0 radical (unpaired) electrons. The van der Waals surface area contributed by atoms with Crippen molar-refractivity contribution >= 4 is 5.91 Å². The molecule has 1 fully saturated rings. The lowest BCUT2D eigenvalue weighted by atomic mass is 9.80. The van der Waals surface area contributed by atoms with Crippen LogP contribution in [-0.2, 0) is 14.3 Å². The lowest BCUT2D eigenvalue weighted by molar-refractivity contribution is -0.135. The molecule has 0 saturated carbocycles. The first-order valence-electron chi connectivity index (χ1n) is 6.55. The molecule has 0 aromatic rings. The van der Waals surface area contributed by atoms with Gasteiger partial charge < -0.3 is 14.8 Å². The largest absolute Gasteiger partial charge is 0.472 e. The van der Waals surface area contributed by atoms with Crippen molar-refractivity contribution in [1.29, 1.82) is 0 Å². The number of amides is 1. The van der Waals surface area contributed by atoms with Gasteiger partial charge in [-0.1, -0.05) is 19.1 Å². The van der Waals surface area contributed by atoms with Gasteiger partial charge in [0.15, 0.2) is 6.79 Å². The second-order valence-electron chi connectivity index (χ2n) is 4.79. The van der Waals surface area contributed by atoms with Crippen molar-refractivity contribution in [3.8, 4) is 0 Å². The van der Waals surface area contributed by atoms with E-state index in [-0.39, 0.29) is 30.6 Å². The predicted molar refractivity (Wildman–Crippen MR) is 68.6 cm³/mol. The number of ether oxygens (including phenoxy) is 2. The summed E-state index contributed by atoms with van der Waals surface area (Å²) in [6.45, 7) is 2.34. The Balaban J connectivity index is 1.90. The van der Waals surface area contributed by atoms with E-state index in [1.807, 2.05) is 0 Å². The van der Waals surface area contributed by atoms with Crippen molar-refractivity contribution in [1.82, 2.24) is 5.32 Å². The summed E-state index contributed by atoms with van der Waals surface area (Å²) < 4.78 is 10.5. The summed E-state index contributed by atoms with van der Waals surface area (Å²) in [4.78, 5) is 11.4. The van der Waals surface area contributed by atoms with Crippen molar-refractivity contribution in [3.05, 3.63) is 24.0 Å². The molecular formula is C14H21NO3. The van der Waals surface area contributed by atoms with Crippen molar-refractivity contribution in [2.24, 2.45) is 11.8 Å². The van der Waals surface area contributed by atoms with Gasteiger partial charge in [-0.15, -0.1) is 0 Å². The number of methoxy groups -OCH3 is 1. The molecule has 1 unspecified atom stereocenters. The van der Waals surface area contributed by atoms with Crippen molar-refractivity contribution in [2.75, 3.05) is 13.9 Å². The maximum atomic E-state index is 11.4. The van der Waals surface area contributed by atoms with Crippen LogP contribution in [0.3, 0.4) is 0 Å². The Bertz CT molecular complexity index is 362. The van der Waals surface area contributed by atoms with Crippen molar-refractivity contribution in [2.45, 2.75) is 32.2 Å². The summed E-state index contributed by atoms with van der Waals surface area (Å²) in [6.07, 6.45) is 9.13. The quantitative estimate of drug-likeness (QED) is 0.446. The fourth-order valence-corrected chi connectivity index (χ4v) is 2.60. The predicted octanol–water partition coefficient (Wildman–Crippen LogP) is 1.98. The van der Waals surface area contributed by atoms with Crippen LogP contribution >= 0.6 is 0 Å². The van der Waals surface area contributed by atoms with Crippen LogP contribution in [-0.4, -0.2) is 25.9 Å². The highest BCUT2D eigenvalue weighted by molar-refractivity contribution is 5.85. The Morgan fingerprint density at radius 3 is 3.00 bits per heavy atom. The summed E-state index contributed by atoms with van der Waals surface area (Å²) >= 11 is 0. The van der Waals surface area contributed by atoms with Gasteiger partial charge >= 0.3 is 0 Å². The van der Waals surface area contributed by atoms with E-state index in [2.05, 4.69) is 30.5 Å². The normalized spacial score (nSPS) is 30.4. The van der Waals surface area contributed by atoms with Gasteiger partial charge in [-0.3, -0.25) is 4.79 Å². The van der Waals surface area contributed by atoms with Crippen molar-refractivity contribution < 1.29 is 14.3 Å². The molecule has 1 N–H and O–H groups in total. The first kappa shape index (κ1) is 13.1. The van der Waals surface area contributed by atoms with E-state index in [4.69, 9.17) is 9.47 Å². The number of hydrogen-bond donors (Lipinski definition) is 1. The van der Waals surface area contributed by atoms with E-state index >= 15 is 0 Å². The van der Waals surface area contributed by atoms with Gasteiger partial charge in [-0.25, -0.2) is 0 Å². The van der Waals surface area contributed by atoms with Crippen molar-refractivity contribution in [3.63, 3.8) is 0 Å². The van der Waals surface area contributed by atoms with Gasteiger partial charge in [-0.2, -0.15) is 0 Å². The average molecular weight is 251 g/mol. The molecular weight excluding hydrogens is 230 g/mol. The number of carbonyl (C=O) groups excluding carboxylic acids is 1. The third kappa shape index (κ3) is 2.75. The fraction of sp³-hybridized carbons (Fsp3) is 0.643. The van der Waals surface area contributed by atoms with E-state index in [9.17, 15) is 4.79 Å². The zero-order valence-corrected chi connectivity index (χ0v) is 11.0. The van der Waals surface area contributed by atoms with E-state index in [1.165, 1.54) is 0 Å². The molecule has 100 valence electrons. The first-order valence-corrected chi connectivity index (χ1v) is 6.55. The fourth-order valence-electron chi connectivity index (χ4n) is 2.60. The van der Waals surface area contributed by atoms with Crippen LogP contribution in [0.1, 0.15) is 26.2 Å². The molecule has 0 spiro atoms. The van der Waals surface area contributed by atoms with Crippen LogP contribution in [0.25, 0.3) is 0 Å². The van der Waals surface area contributed by atoms with Crippen LogP contribution < -0.4 is 5.32 Å². The third-order valence-electron chi connectivity index (χ3n) is 3.63. The van der Waals surface area contributed by atoms with Gasteiger partial charge in [0.1, 0.15) is 5.76 Å². The maximum absolute atomic E-state index is 11.4. The highest BCUT2D eigenvalue weighted by Crippen LogP contribution is 2.30. The highest BCUT2D eigenvalue weighted by Gasteiger charge is 2.39. The van der Waals surface area contributed by atoms with E-state index < -0.39 is 0 Å². The average Bonchev–Trinajstić information content (AvgIpc) is 2.37. The minimum absolute atomic E-state index is 0.170. The van der Waals surface area contributed by atoms with E-state index in [1.54, 1.807) is 7.11 Å². The number of β-lactam (4-membered cyclic amide) rings is 1. The monoisotopic (exact) mass is 251 g/mol. The van der Waals surface area contributed by atoms with Gasteiger partial charge in [0, 0.05) is 19.1 Å². The molecule has 0 bridgehead atoms.